The highest BCUT2D eigenvalue weighted by molar-refractivity contribution is 5.36. The molecule has 0 radical (unpaired) electrons. The number of alkyl halides is 23. The molecular formula is C12F24. The maximum atomic E-state index is 13.8. The summed E-state index contributed by atoms with van der Waals surface area (Å²) >= 11 is 0. The van der Waals surface area contributed by atoms with Gasteiger partial charge in [0.1, 0.15) is 5.57 Å². The van der Waals surface area contributed by atoms with Crippen LogP contribution in [0.1, 0.15) is 0 Å². The Hall–Kier alpha value is -1.94. The molecule has 36 heavy (non-hydrogen) atoms. The van der Waals surface area contributed by atoms with E-state index in [1.54, 1.807) is 0 Å². The van der Waals surface area contributed by atoms with Crippen LogP contribution in [0.2, 0.25) is 0 Å². The molecule has 0 aliphatic heterocycles. The van der Waals surface area contributed by atoms with Gasteiger partial charge in [0.25, 0.3) is 0 Å². The van der Waals surface area contributed by atoms with Crippen molar-refractivity contribution < 1.29 is 105 Å². The number of allylic oxidation sites excluding steroid dienone is 2. The summed E-state index contributed by atoms with van der Waals surface area (Å²) in [6.07, 6.45) is -24.4. The first-order valence-electron chi connectivity index (χ1n) is 7.29. The highest BCUT2D eigenvalue weighted by atomic mass is 19.4. The molecule has 0 aliphatic carbocycles. The summed E-state index contributed by atoms with van der Waals surface area (Å²) in [5.41, 5.74) is -6.54. The molecule has 0 aliphatic rings. The molecule has 0 saturated heterocycles. The van der Waals surface area contributed by atoms with Crippen molar-refractivity contribution in [3.05, 3.63) is 11.4 Å². The van der Waals surface area contributed by atoms with Gasteiger partial charge in [-0.3, -0.25) is 0 Å². The van der Waals surface area contributed by atoms with Crippen LogP contribution in [0.25, 0.3) is 0 Å². The van der Waals surface area contributed by atoms with Crippen LogP contribution in [0.4, 0.5) is 105 Å². The molecule has 0 unspecified atom stereocenters. The molecular weight excluding hydrogens is 600 g/mol. The third-order valence-electron chi connectivity index (χ3n) is 3.77. The molecule has 0 rings (SSSR count). The predicted octanol–water partition coefficient (Wildman–Crippen LogP) is 8.34. The zero-order chi connectivity index (χ0) is 30.2. The Labute approximate surface area is 178 Å². The molecule has 0 heterocycles. The maximum absolute atomic E-state index is 13.8. The Morgan fingerprint density at radius 3 is 0.806 bits per heavy atom. The van der Waals surface area contributed by atoms with Gasteiger partial charge in [-0.15, -0.1) is 0 Å². The molecule has 0 aromatic heterocycles. The van der Waals surface area contributed by atoms with Crippen molar-refractivity contribution in [3.8, 4) is 0 Å². The van der Waals surface area contributed by atoms with E-state index in [0.717, 1.165) is 0 Å². The quantitative estimate of drug-likeness (QED) is 0.258. The number of rotatable bonds is 7. The van der Waals surface area contributed by atoms with E-state index in [1.165, 1.54) is 0 Å². The second-order valence-corrected chi connectivity index (χ2v) is 6.20. The zero-order valence-corrected chi connectivity index (χ0v) is 15.1. The summed E-state index contributed by atoms with van der Waals surface area (Å²) in [7, 11) is 0. The van der Waals surface area contributed by atoms with Gasteiger partial charge in [0, 0.05) is 0 Å². The number of halogens is 24. The molecule has 0 aromatic rings. The summed E-state index contributed by atoms with van der Waals surface area (Å²) in [6, 6.07) is 0. The van der Waals surface area contributed by atoms with E-state index in [0.29, 0.717) is 0 Å². The van der Waals surface area contributed by atoms with Crippen molar-refractivity contribution in [2.45, 2.75) is 60.0 Å². The third kappa shape index (κ3) is 4.48. The molecule has 0 spiro atoms. The lowest BCUT2D eigenvalue weighted by Crippen LogP contribution is -2.69. The van der Waals surface area contributed by atoms with Crippen LogP contribution in [0.5, 0.6) is 0 Å². The van der Waals surface area contributed by atoms with E-state index in [4.69, 9.17) is 0 Å². The molecule has 216 valence electrons. The molecule has 0 amide bonds. The van der Waals surface area contributed by atoms with Gasteiger partial charge in [0.15, 0.2) is 5.83 Å². The second-order valence-electron chi connectivity index (χ2n) is 6.20. The van der Waals surface area contributed by atoms with Gasteiger partial charge >= 0.3 is 60.0 Å². The Bertz CT molecular complexity index is 842. The maximum Gasteiger partial charge on any atom is 0.460 e. The van der Waals surface area contributed by atoms with Crippen LogP contribution in [0.3, 0.4) is 0 Å². The smallest absolute Gasteiger partial charge is 0.204 e. The van der Waals surface area contributed by atoms with Gasteiger partial charge in [-0.2, -0.15) is 101 Å². The van der Waals surface area contributed by atoms with E-state index in [2.05, 4.69) is 0 Å². The fourth-order valence-electron chi connectivity index (χ4n) is 1.82. The molecule has 0 nitrogen and oxygen atoms in total. The van der Waals surface area contributed by atoms with Crippen LogP contribution in [0, 0.1) is 0 Å². The van der Waals surface area contributed by atoms with E-state index in [1.807, 2.05) is 0 Å². The fourth-order valence-corrected chi connectivity index (χ4v) is 1.82. The van der Waals surface area contributed by atoms with Crippen LogP contribution in [-0.2, 0) is 0 Å². The lowest BCUT2D eigenvalue weighted by molar-refractivity contribution is -0.422. The highest BCUT2D eigenvalue weighted by Crippen LogP contribution is 2.64. The molecule has 0 atom stereocenters. The minimum absolute atomic E-state index is 6.19. The number of hydrogen-bond acceptors (Lipinski definition) is 0. The molecule has 24 heteroatoms. The van der Waals surface area contributed by atoms with Crippen molar-refractivity contribution in [1.82, 2.24) is 0 Å². The summed E-state index contributed by atoms with van der Waals surface area (Å²) in [5, 5.41) is 0. The topological polar surface area (TPSA) is 0 Å². The van der Waals surface area contributed by atoms with E-state index >= 15 is 0 Å². The average Bonchev–Trinajstić information content (AvgIpc) is 2.57. The van der Waals surface area contributed by atoms with Crippen molar-refractivity contribution in [1.29, 1.82) is 0 Å². The SMILES string of the molecule is F/C(=C(/C(F)(F)C(F)(F)C(F)(F)F)C(F)(F)C(F)(F)C(F)(F)C(F)(F)C(F)(F)F)C(F)(F)C(F)(F)F. The van der Waals surface area contributed by atoms with E-state index in [9.17, 15) is 105 Å². The minimum Gasteiger partial charge on any atom is -0.204 e. The third-order valence-corrected chi connectivity index (χ3v) is 3.77. The van der Waals surface area contributed by atoms with Crippen molar-refractivity contribution >= 4 is 0 Å². The minimum atomic E-state index is -9.24. The van der Waals surface area contributed by atoms with Gasteiger partial charge in [0.05, 0.1) is 0 Å². The normalized spacial score (nSPS) is 17.3. The zero-order valence-electron chi connectivity index (χ0n) is 15.1. The van der Waals surface area contributed by atoms with E-state index in [-0.39, 0.29) is 0 Å². The second kappa shape index (κ2) is 8.28. The Morgan fingerprint density at radius 1 is 0.278 bits per heavy atom. The Balaban J connectivity index is 7.98. The van der Waals surface area contributed by atoms with Crippen molar-refractivity contribution in [2.75, 3.05) is 0 Å². The average molecular weight is 600 g/mol. The van der Waals surface area contributed by atoms with Gasteiger partial charge in [-0.1, -0.05) is 0 Å². The van der Waals surface area contributed by atoms with Crippen molar-refractivity contribution in [2.24, 2.45) is 0 Å². The van der Waals surface area contributed by atoms with Gasteiger partial charge < -0.3 is 0 Å². The molecule has 0 saturated carbocycles. The van der Waals surface area contributed by atoms with Gasteiger partial charge in [-0.25, -0.2) is 4.39 Å². The highest BCUT2D eigenvalue weighted by Gasteiger charge is 2.91. The lowest BCUT2D eigenvalue weighted by atomic mass is 9.86. The molecule has 0 aromatic carbocycles. The monoisotopic (exact) mass is 600 g/mol. The summed E-state index contributed by atoms with van der Waals surface area (Å²) in [6.45, 7) is 0. The summed E-state index contributed by atoms with van der Waals surface area (Å²) < 4.78 is 307. The largest absolute Gasteiger partial charge is 0.460 e. The predicted molar refractivity (Wildman–Crippen MR) is 60.9 cm³/mol. The van der Waals surface area contributed by atoms with Gasteiger partial charge in [0.2, 0.25) is 0 Å². The molecule has 0 bridgehead atoms. The van der Waals surface area contributed by atoms with Crippen molar-refractivity contribution in [3.63, 3.8) is 0 Å². The van der Waals surface area contributed by atoms with Crippen LogP contribution < -0.4 is 0 Å². The van der Waals surface area contributed by atoms with Crippen LogP contribution in [-0.4, -0.2) is 60.0 Å². The summed E-state index contributed by atoms with van der Waals surface area (Å²) in [4.78, 5) is 0. The first-order valence-corrected chi connectivity index (χ1v) is 7.29. The Kier molecular flexibility index (Phi) is 7.83. The number of hydrogen-bond donors (Lipinski definition) is 0. The molecule has 0 N–H and O–H groups in total. The first kappa shape index (κ1) is 34.1. The van der Waals surface area contributed by atoms with Crippen LogP contribution in [0.15, 0.2) is 11.4 Å². The fraction of sp³-hybridized carbons (Fsp3) is 0.833. The standard InChI is InChI=1S/C12F24/c13-2(5(18,19)10(28,29)30)1(4(16,17)7(22,23)11(31,32)33)3(14,15)6(20,21)8(24,25)9(26,27)12(34,35)36/b2-1+. The van der Waals surface area contributed by atoms with Crippen LogP contribution >= 0.6 is 0 Å². The Morgan fingerprint density at radius 2 is 0.556 bits per heavy atom. The molecule has 0 fully saturated rings. The lowest BCUT2D eigenvalue weighted by Gasteiger charge is -2.41. The van der Waals surface area contributed by atoms with E-state index < -0.39 is 71.4 Å². The van der Waals surface area contributed by atoms with Gasteiger partial charge in [-0.05, 0) is 0 Å². The first-order chi connectivity index (χ1) is 15.0. The summed E-state index contributed by atoms with van der Waals surface area (Å²) in [5.74, 6) is -68.1.